The third kappa shape index (κ3) is 3.74. The van der Waals surface area contributed by atoms with E-state index in [0.717, 1.165) is 5.56 Å². The molecule has 6 heteroatoms. The van der Waals surface area contributed by atoms with E-state index in [2.05, 4.69) is 45.6 Å². The standard InChI is InChI=1S/C22H22N4O2/c1-14(16-8-4-9-17(27)12-16)23-26-22(28)21-13-20(24-25-21)19-11-5-7-15-6-2-3-10-18(15)19/h2-12,20-21,24-25,27H,13H2,1H3,(H,26,28)/b23-14-. The molecule has 1 aliphatic heterocycles. The molecule has 28 heavy (non-hydrogen) atoms. The van der Waals surface area contributed by atoms with Crippen LogP contribution in [0.3, 0.4) is 0 Å². The van der Waals surface area contributed by atoms with E-state index in [-0.39, 0.29) is 23.7 Å². The highest BCUT2D eigenvalue weighted by Gasteiger charge is 2.30. The van der Waals surface area contributed by atoms with Crippen molar-refractivity contribution in [2.24, 2.45) is 5.10 Å². The molecular formula is C22H22N4O2. The van der Waals surface area contributed by atoms with Gasteiger partial charge < -0.3 is 5.11 Å². The van der Waals surface area contributed by atoms with Crippen LogP contribution in [-0.4, -0.2) is 22.8 Å². The number of benzene rings is 3. The zero-order valence-corrected chi connectivity index (χ0v) is 15.5. The average molecular weight is 374 g/mol. The minimum absolute atomic E-state index is 0.0398. The molecule has 1 fully saturated rings. The number of amides is 1. The van der Waals surface area contributed by atoms with Crippen LogP contribution in [0.15, 0.2) is 71.8 Å². The Kier molecular flexibility index (Phi) is 5.06. The van der Waals surface area contributed by atoms with Crippen molar-refractivity contribution >= 4 is 22.4 Å². The van der Waals surface area contributed by atoms with E-state index in [1.54, 1.807) is 25.1 Å². The fourth-order valence-corrected chi connectivity index (χ4v) is 3.50. The number of hydrazone groups is 1. The van der Waals surface area contributed by atoms with E-state index in [4.69, 9.17) is 0 Å². The maximum atomic E-state index is 12.5. The molecule has 4 N–H and O–H groups in total. The zero-order chi connectivity index (χ0) is 19.5. The summed E-state index contributed by atoms with van der Waals surface area (Å²) in [5.74, 6) is -0.0345. The van der Waals surface area contributed by atoms with Gasteiger partial charge in [0.1, 0.15) is 11.8 Å². The van der Waals surface area contributed by atoms with Gasteiger partial charge in [0.05, 0.1) is 5.71 Å². The molecule has 1 saturated heterocycles. The molecule has 2 unspecified atom stereocenters. The monoisotopic (exact) mass is 374 g/mol. The summed E-state index contributed by atoms with van der Waals surface area (Å²) in [6.45, 7) is 1.79. The predicted molar refractivity (Wildman–Crippen MR) is 110 cm³/mol. The molecular weight excluding hydrogens is 352 g/mol. The number of nitrogens with one attached hydrogen (secondary N) is 3. The summed E-state index contributed by atoms with van der Waals surface area (Å²) < 4.78 is 0. The van der Waals surface area contributed by atoms with Crippen LogP contribution in [0, 0.1) is 0 Å². The molecule has 0 aromatic heterocycles. The SMILES string of the molecule is C/C(=N/NC(=O)C1CC(c2cccc3ccccc23)NN1)c1cccc(O)c1. The number of aromatic hydroxyl groups is 1. The molecule has 1 amide bonds. The summed E-state index contributed by atoms with van der Waals surface area (Å²) in [5.41, 5.74) is 11.5. The summed E-state index contributed by atoms with van der Waals surface area (Å²) in [5, 5.41) is 16.1. The predicted octanol–water partition coefficient (Wildman–Crippen LogP) is 2.99. The highest BCUT2D eigenvalue weighted by atomic mass is 16.3. The molecule has 0 spiro atoms. The smallest absolute Gasteiger partial charge is 0.258 e. The van der Waals surface area contributed by atoms with Crippen molar-refractivity contribution in [3.05, 3.63) is 77.9 Å². The van der Waals surface area contributed by atoms with E-state index < -0.39 is 0 Å². The number of nitrogens with zero attached hydrogens (tertiary/aromatic N) is 1. The number of phenolic OH excluding ortho intramolecular Hbond substituents is 1. The maximum Gasteiger partial charge on any atom is 0.258 e. The number of carbonyl (C=O) groups is 1. The second-order valence-electron chi connectivity index (χ2n) is 6.92. The molecule has 1 heterocycles. The van der Waals surface area contributed by atoms with Gasteiger partial charge in [-0.1, -0.05) is 54.6 Å². The van der Waals surface area contributed by atoms with Crippen molar-refractivity contribution in [3.63, 3.8) is 0 Å². The third-order valence-corrected chi connectivity index (χ3v) is 5.02. The quantitative estimate of drug-likeness (QED) is 0.418. The molecule has 2 atom stereocenters. The van der Waals surface area contributed by atoms with Gasteiger partial charge >= 0.3 is 0 Å². The molecule has 4 rings (SSSR count). The Labute approximate surface area is 163 Å². The van der Waals surface area contributed by atoms with E-state index in [0.29, 0.717) is 12.1 Å². The number of rotatable bonds is 4. The lowest BCUT2D eigenvalue weighted by Crippen LogP contribution is -2.41. The number of hydrogen-bond donors (Lipinski definition) is 4. The summed E-state index contributed by atoms with van der Waals surface area (Å²) in [7, 11) is 0. The summed E-state index contributed by atoms with van der Waals surface area (Å²) in [6, 6.07) is 20.9. The van der Waals surface area contributed by atoms with E-state index in [1.165, 1.54) is 16.3 Å². The van der Waals surface area contributed by atoms with Crippen LogP contribution in [0.5, 0.6) is 5.75 Å². The van der Waals surface area contributed by atoms with Crippen LogP contribution in [0.25, 0.3) is 10.8 Å². The van der Waals surface area contributed by atoms with Gasteiger partial charge in [0.25, 0.3) is 5.91 Å². The van der Waals surface area contributed by atoms with Crippen LogP contribution in [-0.2, 0) is 4.79 Å². The molecule has 1 aliphatic rings. The first-order valence-corrected chi connectivity index (χ1v) is 9.24. The van der Waals surface area contributed by atoms with E-state index in [9.17, 15) is 9.90 Å². The molecule has 142 valence electrons. The zero-order valence-electron chi connectivity index (χ0n) is 15.5. The van der Waals surface area contributed by atoms with Crippen molar-refractivity contribution in [1.82, 2.24) is 16.3 Å². The molecule has 6 nitrogen and oxygen atoms in total. The van der Waals surface area contributed by atoms with Crippen LogP contribution < -0.4 is 16.3 Å². The summed E-state index contributed by atoms with van der Waals surface area (Å²) in [4.78, 5) is 12.5. The first-order chi connectivity index (χ1) is 13.6. The number of hydrogen-bond acceptors (Lipinski definition) is 5. The topological polar surface area (TPSA) is 85.8 Å². The highest BCUT2D eigenvalue weighted by Crippen LogP contribution is 2.29. The van der Waals surface area contributed by atoms with Crippen molar-refractivity contribution in [3.8, 4) is 5.75 Å². The molecule has 0 bridgehead atoms. The fraction of sp³-hybridized carbons (Fsp3) is 0.182. The van der Waals surface area contributed by atoms with Gasteiger partial charge in [-0.3, -0.25) is 4.79 Å². The number of fused-ring (bicyclic) bond motifs is 1. The van der Waals surface area contributed by atoms with Crippen LogP contribution in [0.1, 0.15) is 30.5 Å². The number of hydrazine groups is 1. The van der Waals surface area contributed by atoms with Crippen molar-refractivity contribution in [1.29, 1.82) is 0 Å². The first-order valence-electron chi connectivity index (χ1n) is 9.24. The lowest BCUT2D eigenvalue weighted by Gasteiger charge is -2.13. The van der Waals surface area contributed by atoms with Crippen molar-refractivity contribution in [2.45, 2.75) is 25.4 Å². The third-order valence-electron chi connectivity index (χ3n) is 5.02. The van der Waals surface area contributed by atoms with E-state index >= 15 is 0 Å². The minimum atomic E-state index is -0.385. The summed E-state index contributed by atoms with van der Waals surface area (Å²) in [6.07, 6.45) is 0.626. The van der Waals surface area contributed by atoms with Gasteiger partial charge in [-0.05, 0) is 41.8 Å². The van der Waals surface area contributed by atoms with E-state index in [1.807, 2.05) is 24.3 Å². The summed E-state index contributed by atoms with van der Waals surface area (Å²) >= 11 is 0. The molecule has 0 radical (unpaired) electrons. The number of carbonyl (C=O) groups excluding carboxylic acids is 1. The Hall–Kier alpha value is -3.22. The Morgan fingerprint density at radius 1 is 1.07 bits per heavy atom. The lowest BCUT2D eigenvalue weighted by atomic mass is 9.96. The largest absolute Gasteiger partial charge is 0.508 e. The number of phenols is 1. The van der Waals surface area contributed by atoms with Gasteiger partial charge in [0.2, 0.25) is 0 Å². The molecule has 3 aromatic carbocycles. The van der Waals surface area contributed by atoms with Crippen molar-refractivity contribution in [2.75, 3.05) is 0 Å². The Morgan fingerprint density at radius 2 is 1.86 bits per heavy atom. The second kappa shape index (κ2) is 7.80. The Morgan fingerprint density at radius 3 is 2.71 bits per heavy atom. The van der Waals surface area contributed by atoms with Crippen LogP contribution in [0.4, 0.5) is 0 Å². The average Bonchev–Trinajstić information content (AvgIpc) is 3.21. The highest BCUT2D eigenvalue weighted by molar-refractivity contribution is 5.99. The van der Waals surface area contributed by atoms with Crippen LogP contribution >= 0.6 is 0 Å². The maximum absolute atomic E-state index is 12.5. The molecule has 0 saturated carbocycles. The lowest BCUT2D eigenvalue weighted by molar-refractivity contribution is -0.122. The fourth-order valence-electron chi connectivity index (χ4n) is 3.50. The van der Waals surface area contributed by atoms with Gasteiger partial charge in [0, 0.05) is 11.6 Å². The minimum Gasteiger partial charge on any atom is -0.508 e. The molecule has 3 aromatic rings. The van der Waals surface area contributed by atoms with Crippen LogP contribution in [0.2, 0.25) is 0 Å². The second-order valence-corrected chi connectivity index (χ2v) is 6.92. The normalized spacial score (nSPS) is 19.7. The van der Waals surface area contributed by atoms with Crippen molar-refractivity contribution < 1.29 is 9.90 Å². The van der Waals surface area contributed by atoms with Gasteiger partial charge in [0.15, 0.2) is 0 Å². The first kappa shape index (κ1) is 18.2. The Balaban J connectivity index is 1.44. The Bertz CT molecular complexity index is 1040. The van der Waals surface area contributed by atoms with Gasteiger partial charge in [-0.15, -0.1) is 0 Å². The van der Waals surface area contributed by atoms with Gasteiger partial charge in [-0.2, -0.15) is 5.10 Å². The van der Waals surface area contributed by atoms with Gasteiger partial charge in [-0.25, -0.2) is 16.3 Å². The molecule has 0 aliphatic carbocycles.